The van der Waals surface area contributed by atoms with Crippen LogP contribution in [0.4, 0.5) is 30.7 Å². The molecule has 2 N–H and O–H groups in total. The molecule has 9 heteroatoms. The molecule has 1 heterocycles. The molecule has 0 fully saturated rings. The first-order valence-electron chi connectivity index (χ1n) is 6.11. The summed E-state index contributed by atoms with van der Waals surface area (Å²) in [5.74, 6) is -6.82. The summed E-state index contributed by atoms with van der Waals surface area (Å²) in [6, 6.07) is 0.600. The molecule has 0 saturated carbocycles. The molecule has 0 radical (unpaired) electrons. The molecule has 23 heavy (non-hydrogen) atoms. The number of alkyl halides is 3. The summed E-state index contributed by atoms with van der Waals surface area (Å²) in [6.45, 7) is 0. The summed E-state index contributed by atoms with van der Waals surface area (Å²) in [6.07, 6.45) is -4.16. The van der Waals surface area contributed by atoms with Gasteiger partial charge in [-0.1, -0.05) is 0 Å². The van der Waals surface area contributed by atoms with Crippen molar-refractivity contribution in [2.75, 3.05) is 7.05 Å². The number of hydrogen-bond donors (Lipinski definition) is 1. The third kappa shape index (κ3) is 4.19. The predicted octanol–water partition coefficient (Wildman–Crippen LogP) is 3.82. The molecule has 0 amide bonds. The zero-order chi connectivity index (χ0) is 17.8. The van der Waals surface area contributed by atoms with Crippen molar-refractivity contribution in [2.24, 2.45) is 5.73 Å². The Kier molecular flexibility index (Phi) is 6.08. The summed E-state index contributed by atoms with van der Waals surface area (Å²) >= 11 is 0. The average Bonchev–Trinajstić information content (AvgIpc) is 2.51. The second-order valence-corrected chi connectivity index (χ2v) is 4.15. The molecule has 2 nitrogen and oxygen atoms in total. The molecule has 2 aromatic rings. The van der Waals surface area contributed by atoms with Crippen molar-refractivity contribution in [2.45, 2.75) is 12.6 Å². The normalized spacial score (nSPS) is 11.0. The zero-order valence-corrected chi connectivity index (χ0v) is 11.7. The Morgan fingerprint density at radius 1 is 1.00 bits per heavy atom. The first-order valence-corrected chi connectivity index (χ1v) is 6.11. The number of pyridine rings is 1. The van der Waals surface area contributed by atoms with E-state index < -0.39 is 52.6 Å². The number of nitrogens with two attached hydrogens (primary N) is 1. The lowest BCUT2D eigenvalue weighted by molar-refractivity contribution is -0.138. The minimum Gasteiger partial charge on any atom is -0.333 e. The van der Waals surface area contributed by atoms with Crippen LogP contribution in [0, 0.1) is 23.3 Å². The molecule has 1 aromatic heterocycles. The molecule has 0 bridgehead atoms. The number of halogens is 7. The fourth-order valence-electron chi connectivity index (χ4n) is 1.81. The van der Waals surface area contributed by atoms with E-state index in [0.29, 0.717) is 6.07 Å². The van der Waals surface area contributed by atoms with E-state index in [2.05, 4.69) is 10.7 Å². The van der Waals surface area contributed by atoms with Crippen molar-refractivity contribution >= 4 is 0 Å². The Morgan fingerprint density at radius 2 is 1.52 bits per heavy atom. The molecule has 0 atom stereocenters. The van der Waals surface area contributed by atoms with Gasteiger partial charge in [0.2, 0.25) is 0 Å². The summed E-state index contributed by atoms with van der Waals surface area (Å²) in [4.78, 5) is 3.43. The van der Waals surface area contributed by atoms with Crippen LogP contribution in [0.25, 0.3) is 0 Å². The van der Waals surface area contributed by atoms with E-state index in [1.807, 2.05) is 0 Å². The maximum Gasteiger partial charge on any atom is 0.416 e. The molecule has 0 aliphatic carbocycles. The predicted molar refractivity (Wildman–Crippen MR) is 68.4 cm³/mol. The van der Waals surface area contributed by atoms with E-state index in [1.54, 1.807) is 0 Å². The van der Waals surface area contributed by atoms with E-state index in [9.17, 15) is 30.7 Å². The van der Waals surface area contributed by atoms with Crippen molar-refractivity contribution in [3.8, 4) is 0 Å². The second kappa shape index (κ2) is 7.40. The second-order valence-electron chi connectivity index (χ2n) is 4.15. The number of hydrogen-bond acceptors (Lipinski definition) is 2. The largest absolute Gasteiger partial charge is 0.416 e. The maximum atomic E-state index is 13.5. The SMILES string of the molecule is CN.Fc1cc(F)c(F)c(Cc2cnccc2C(F)(F)F)c1F. The highest BCUT2D eigenvalue weighted by Gasteiger charge is 2.34. The van der Waals surface area contributed by atoms with Crippen LogP contribution in [-0.4, -0.2) is 12.0 Å². The first-order chi connectivity index (χ1) is 10.7. The molecule has 0 spiro atoms. The van der Waals surface area contributed by atoms with Crippen LogP contribution in [0.2, 0.25) is 0 Å². The van der Waals surface area contributed by atoms with Gasteiger partial charge in [-0.05, 0) is 18.7 Å². The van der Waals surface area contributed by atoms with Crippen LogP contribution in [0.15, 0.2) is 24.5 Å². The van der Waals surface area contributed by atoms with E-state index in [-0.39, 0.29) is 6.07 Å². The van der Waals surface area contributed by atoms with Crippen molar-refractivity contribution in [3.05, 3.63) is 64.5 Å². The van der Waals surface area contributed by atoms with Crippen molar-refractivity contribution < 1.29 is 30.7 Å². The summed E-state index contributed by atoms with van der Waals surface area (Å²) in [5.41, 5.74) is 1.61. The van der Waals surface area contributed by atoms with Gasteiger partial charge in [0.05, 0.1) is 5.56 Å². The molecule has 126 valence electrons. The number of aromatic nitrogens is 1. The van der Waals surface area contributed by atoms with Crippen LogP contribution in [0.5, 0.6) is 0 Å². The van der Waals surface area contributed by atoms with E-state index in [0.717, 1.165) is 12.4 Å². The molecule has 2 rings (SSSR count). The van der Waals surface area contributed by atoms with Gasteiger partial charge in [-0.15, -0.1) is 0 Å². The average molecular weight is 340 g/mol. The van der Waals surface area contributed by atoms with E-state index in [4.69, 9.17) is 0 Å². The Balaban J connectivity index is 0.00000127. The zero-order valence-electron chi connectivity index (χ0n) is 11.7. The number of rotatable bonds is 2. The van der Waals surface area contributed by atoms with Crippen LogP contribution in [-0.2, 0) is 12.6 Å². The highest BCUT2D eigenvalue weighted by Crippen LogP contribution is 2.33. The van der Waals surface area contributed by atoms with E-state index in [1.165, 1.54) is 7.05 Å². The standard InChI is InChI=1S/C13H6F7N.CH5N/c14-9-4-10(15)12(17)7(11(9)16)3-6-5-21-2-1-8(6)13(18,19)20;1-2/h1-2,4-5H,3H2;2H2,1H3. The highest BCUT2D eigenvalue weighted by molar-refractivity contribution is 5.34. The lowest BCUT2D eigenvalue weighted by atomic mass is 10.0. The highest BCUT2D eigenvalue weighted by atomic mass is 19.4. The van der Waals surface area contributed by atoms with Gasteiger partial charge in [-0.3, -0.25) is 4.98 Å². The molecule has 0 aliphatic heterocycles. The quantitative estimate of drug-likeness (QED) is 0.667. The van der Waals surface area contributed by atoms with E-state index >= 15 is 0 Å². The van der Waals surface area contributed by atoms with Gasteiger partial charge in [0.1, 0.15) is 0 Å². The third-order valence-corrected chi connectivity index (χ3v) is 2.78. The van der Waals surface area contributed by atoms with Gasteiger partial charge >= 0.3 is 6.18 Å². The molecule has 1 aromatic carbocycles. The fourth-order valence-corrected chi connectivity index (χ4v) is 1.81. The van der Waals surface area contributed by atoms with Gasteiger partial charge in [0, 0.05) is 30.4 Å². The minimum absolute atomic E-state index is 0.0118. The fraction of sp³-hybridized carbons (Fsp3) is 0.214. The molecule has 0 saturated heterocycles. The van der Waals surface area contributed by atoms with Crippen LogP contribution < -0.4 is 5.73 Å². The molecule has 0 aliphatic rings. The van der Waals surface area contributed by atoms with Crippen LogP contribution in [0.3, 0.4) is 0 Å². The van der Waals surface area contributed by atoms with Crippen molar-refractivity contribution in [1.82, 2.24) is 4.98 Å². The van der Waals surface area contributed by atoms with Crippen molar-refractivity contribution in [3.63, 3.8) is 0 Å². The Hall–Kier alpha value is -2.16. The van der Waals surface area contributed by atoms with Gasteiger partial charge in [0.15, 0.2) is 23.3 Å². The topological polar surface area (TPSA) is 38.9 Å². The van der Waals surface area contributed by atoms with Crippen LogP contribution >= 0.6 is 0 Å². The third-order valence-electron chi connectivity index (χ3n) is 2.78. The monoisotopic (exact) mass is 340 g/mol. The first kappa shape index (κ1) is 18.9. The Labute approximate surface area is 126 Å². The molecule has 0 unspecified atom stereocenters. The Morgan fingerprint density at radius 3 is 2.00 bits per heavy atom. The summed E-state index contributed by atoms with van der Waals surface area (Å²) in [5, 5.41) is 0. The van der Waals surface area contributed by atoms with Crippen molar-refractivity contribution in [1.29, 1.82) is 0 Å². The summed E-state index contributed by atoms with van der Waals surface area (Å²) < 4.78 is 91.3. The lowest BCUT2D eigenvalue weighted by Gasteiger charge is -2.13. The smallest absolute Gasteiger partial charge is 0.333 e. The molecular weight excluding hydrogens is 329 g/mol. The maximum absolute atomic E-state index is 13.5. The van der Waals surface area contributed by atoms with Gasteiger partial charge in [0.25, 0.3) is 0 Å². The summed E-state index contributed by atoms with van der Waals surface area (Å²) in [7, 11) is 1.50. The van der Waals surface area contributed by atoms with Gasteiger partial charge in [-0.2, -0.15) is 13.2 Å². The minimum atomic E-state index is -4.78. The number of nitrogens with zero attached hydrogens (tertiary/aromatic N) is 1. The Bertz CT molecular complexity index is 657. The van der Waals surface area contributed by atoms with Gasteiger partial charge < -0.3 is 5.73 Å². The number of benzene rings is 1. The molecular formula is C14H11F7N2. The van der Waals surface area contributed by atoms with Gasteiger partial charge in [-0.25, -0.2) is 17.6 Å². The van der Waals surface area contributed by atoms with Crippen LogP contribution in [0.1, 0.15) is 16.7 Å². The lowest BCUT2D eigenvalue weighted by Crippen LogP contribution is -2.12.